The largest absolute Gasteiger partial charge is 0.310 e. The summed E-state index contributed by atoms with van der Waals surface area (Å²) in [6, 6.07) is 68.1. The number of hydrogen-bond acceptors (Lipinski definition) is 2. The van der Waals surface area contributed by atoms with Crippen molar-refractivity contribution in [3.8, 4) is 39.1 Å². The maximum atomic E-state index is 2.44. The van der Waals surface area contributed by atoms with Crippen LogP contribution in [0.5, 0.6) is 0 Å². The van der Waals surface area contributed by atoms with Crippen LogP contribution in [0.25, 0.3) is 76.2 Å². The predicted molar refractivity (Wildman–Crippen MR) is 278 cm³/mol. The quantitative estimate of drug-likeness (QED) is 0.162. The third-order valence-electron chi connectivity index (χ3n) is 14.5. The van der Waals surface area contributed by atoms with Crippen molar-refractivity contribution in [1.29, 1.82) is 0 Å². The first-order chi connectivity index (χ1) is 32.0. The molecule has 0 amide bonds. The molecule has 2 nitrogen and oxygen atoms in total. The van der Waals surface area contributed by atoms with Gasteiger partial charge in [-0.05, 0) is 147 Å². The molecule has 0 N–H and O–H groups in total. The molecule has 13 rings (SSSR count). The van der Waals surface area contributed by atoms with Crippen molar-refractivity contribution in [2.45, 2.75) is 37.5 Å². The smallest absolute Gasteiger partial charge is 0.0538 e. The summed E-state index contributed by atoms with van der Waals surface area (Å²) in [5, 5.41) is 3.98. The lowest BCUT2D eigenvalue weighted by molar-refractivity contribution is 0.519. The lowest BCUT2D eigenvalue weighted by atomic mass is 9.61. The van der Waals surface area contributed by atoms with Crippen LogP contribution in [-0.4, -0.2) is 4.57 Å². The van der Waals surface area contributed by atoms with E-state index in [1.807, 2.05) is 11.3 Å². The molecule has 8 aromatic carbocycles. The van der Waals surface area contributed by atoms with E-state index in [0.717, 1.165) is 23.5 Å². The van der Waals surface area contributed by atoms with Crippen LogP contribution in [0.1, 0.15) is 54.5 Å². The third kappa shape index (κ3) is 5.99. The highest BCUT2D eigenvalue weighted by molar-refractivity contribution is 7.25. The Kier molecular flexibility index (Phi) is 8.66. The zero-order chi connectivity index (χ0) is 43.2. The summed E-state index contributed by atoms with van der Waals surface area (Å²) < 4.78 is 5.10. The Morgan fingerprint density at radius 2 is 1.23 bits per heavy atom. The SMILES string of the molecule is CC1CC=Cc2c1c1cc(-c3ccc(N(c4ccc(-c5ccc6sc7ccccc7c6c5)cc4)c4ccc5c(c4)-c4ccccc4C4(C)C=CC=CC54)cc3)ccc1n2-c1ccccc1. The average Bonchev–Trinajstić information content (AvgIpc) is 3.91. The van der Waals surface area contributed by atoms with Crippen molar-refractivity contribution in [2.75, 3.05) is 4.90 Å². The van der Waals surface area contributed by atoms with Crippen LogP contribution in [0.2, 0.25) is 0 Å². The molecule has 3 heteroatoms. The van der Waals surface area contributed by atoms with E-state index in [1.165, 1.54) is 92.5 Å². The second-order valence-electron chi connectivity index (χ2n) is 18.3. The molecule has 0 fully saturated rings. The highest BCUT2D eigenvalue weighted by atomic mass is 32.1. The van der Waals surface area contributed by atoms with Gasteiger partial charge < -0.3 is 9.47 Å². The molecule has 0 saturated carbocycles. The normalized spacial score (nSPS) is 18.1. The number of fused-ring (bicyclic) bond motifs is 12. The van der Waals surface area contributed by atoms with Gasteiger partial charge >= 0.3 is 0 Å². The number of aromatic nitrogens is 1. The third-order valence-corrected chi connectivity index (χ3v) is 15.7. The van der Waals surface area contributed by atoms with E-state index in [-0.39, 0.29) is 11.3 Å². The summed E-state index contributed by atoms with van der Waals surface area (Å²) >= 11 is 1.87. The van der Waals surface area contributed by atoms with E-state index >= 15 is 0 Å². The van der Waals surface area contributed by atoms with Crippen LogP contribution in [0.3, 0.4) is 0 Å². The zero-order valence-electron chi connectivity index (χ0n) is 36.4. The van der Waals surface area contributed by atoms with E-state index in [9.17, 15) is 0 Å². The van der Waals surface area contributed by atoms with Gasteiger partial charge in [-0.2, -0.15) is 0 Å². The molecule has 0 saturated heterocycles. The van der Waals surface area contributed by atoms with E-state index < -0.39 is 0 Å². The summed E-state index contributed by atoms with van der Waals surface area (Å²) in [7, 11) is 0. The number of para-hydroxylation sites is 1. The van der Waals surface area contributed by atoms with Gasteiger partial charge in [0.1, 0.15) is 0 Å². The zero-order valence-corrected chi connectivity index (χ0v) is 37.3. The van der Waals surface area contributed by atoms with E-state index in [1.54, 1.807) is 0 Å². The molecule has 0 radical (unpaired) electrons. The maximum Gasteiger partial charge on any atom is 0.0538 e. The standard InChI is InChI=1S/C62H46N2S/c1-40-13-12-20-58-61(40)54-38-43(26-34-57(54)64(58)45-14-4-3-5-15-45)41-22-28-46(29-23-41)63(47-30-24-42(25-31-47)44-27-35-60-53(37-44)51-17-7-9-21-59(51)65-60)48-32-33-50-52(39-48)49-16-6-8-18-55(49)62(2)36-11-10-19-56(50)62/h3-12,14-40,56H,13H2,1-2H3. The fourth-order valence-corrected chi connectivity index (χ4v) is 12.4. The van der Waals surface area contributed by atoms with Gasteiger partial charge in [0.2, 0.25) is 0 Å². The molecule has 0 aliphatic heterocycles. The minimum Gasteiger partial charge on any atom is -0.310 e. The minimum atomic E-state index is -0.0925. The van der Waals surface area contributed by atoms with Crippen LogP contribution >= 0.6 is 11.3 Å². The minimum absolute atomic E-state index is 0.0925. The van der Waals surface area contributed by atoms with Gasteiger partial charge in [0.25, 0.3) is 0 Å². The Morgan fingerprint density at radius 1 is 0.569 bits per heavy atom. The van der Waals surface area contributed by atoms with Crippen LogP contribution < -0.4 is 4.90 Å². The fraction of sp³-hybridized carbons (Fsp3) is 0.0968. The molecule has 3 aliphatic rings. The van der Waals surface area contributed by atoms with Crippen molar-refractivity contribution in [2.24, 2.45) is 0 Å². The number of benzene rings is 8. The molecule has 3 unspecified atom stereocenters. The summed E-state index contributed by atoms with van der Waals surface area (Å²) in [6.45, 7) is 4.76. The monoisotopic (exact) mass is 850 g/mol. The Labute approximate surface area is 384 Å². The number of anilines is 3. The summed E-state index contributed by atoms with van der Waals surface area (Å²) in [5.74, 6) is 0.712. The van der Waals surface area contributed by atoms with Gasteiger partial charge in [-0.25, -0.2) is 0 Å². The van der Waals surface area contributed by atoms with Crippen LogP contribution in [0.15, 0.2) is 212 Å². The number of thiophene rings is 1. The maximum absolute atomic E-state index is 2.44. The number of hydrogen-bond donors (Lipinski definition) is 0. The van der Waals surface area contributed by atoms with E-state index in [2.05, 4.69) is 242 Å². The lowest BCUT2D eigenvalue weighted by Crippen LogP contribution is -2.32. The van der Waals surface area contributed by atoms with Gasteiger partial charge in [0.15, 0.2) is 0 Å². The molecular formula is C62H46N2S. The van der Waals surface area contributed by atoms with Crippen molar-refractivity contribution < 1.29 is 0 Å². The molecule has 10 aromatic rings. The molecule has 3 aliphatic carbocycles. The molecule has 0 bridgehead atoms. The first-order valence-corrected chi connectivity index (χ1v) is 23.7. The van der Waals surface area contributed by atoms with Crippen molar-refractivity contribution >= 4 is 65.6 Å². The fourth-order valence-electron chi connectivity index (χ4n) is 11.3. The molecule has 310 valence electrons. The number of nitrogens with zero attached hydrogens (tertiary/aromatic N) is 2. The summed E-state index contributed by atoms with van der Waals surface area (Å²) in [4.78, 5) is 2.43. The van der Waals surface area contributed by atoms with Gasteiger partial charge in [-0.15, -0.1) is 11.3 Å². The molecule has 2 aromatic heterocycles. The van der Waals surface area contributed by atoms with Gasteiger partial charge in [0.05, 0.1) is 5.52 Å². The topological polar surface area (TPSA) is 8.17 Å². The second kappa shape index (κ2) is 14.8. The van der Waals surface area contributed by atoms with Gasteiger partial charge in [-0.1, -0.05) is 147 Å². The van der Waals surface area contributed by atoms with E-state index in [0.29, 0.717) is 5.92 Å². The number of allylic oxidation sites excluding steroid dienone is 5. The Hall–Kier alpha value is -7.46. The molecule has 2 heterocycles. The molecule has 3 atom stereocenters. The Balaban J connectivity index is 0.922. The van der Waals surface area contributed by atoms with E-state index in [4.69, 9.17) is 0 Å². The van der Waals surface area contributed by atoms with Gasteiger partial charge in [0, 0.05) is 65.3 Å². The molecule has 0 spiro atoms. The molecule has 65 heavy (non-hydrogen) atoms. The highest BCUT2D eigenvalue weighted by Crippen LogP contribution is 2.54. The summed E-state index contributed by atoms with van der Waals surface area (Å²) in [6.07, 6.45) is 14.9. The van der Waals surface area contributed by atoms with Gasteiger partial charge in [-0.3, -0.25) is 0 Å². The van der Waals surface area contributed by atoms with Crippen LogP contribution in [-0.2, 0) is 5.41 Å². The Morgan fingerprint density at radius 3 is 2.03 bits per heavy atom. The predicted octanol–water partition coefficient (Wildman–Crippen LogP) is 17.5. The first kappa shape index (κ1) is 38.0. The molecular weight excluding hydrogens is 805 g/mol. The van der Waals surface area contributed by atoms with Crippen LogP contribution in [0.4, 0.5) is 17.1 Å². The Bertz CT molecular complexity index is 3600. The van der Waals surface area contributed by atoms with Crippen molar-refractivity contribution in [3.05, 3.63) is 235 Å². The summed E-state index contributed by atoms with van der Waals surface area (Å²) in [5.41, 5.74) is 18.7. The first-order valence-electron chi connectivity index (χ1n) is 22.9. The van der Waals surface area contributed by atoms with Crippen LogP contribution in [0, 0.1) is 0 Å². The van der Waals surface area contributed by atoms with Crippen molar-refractivity contribution in [3.63, 3.8) is 0 Å². The lowest BCUT2D eigenvalue weighted by Gasteiger charge is -2.43. The van der Waals surface area contributed by atoms with Crippen molar-refractivity contribution in [1.82, 2.24) is 4.57 Å². The highest BCUT2D eigenvalue weighted by Gasteiger charge is 2.41. The average molecular weight is 851 g/mol. The number of rotatable bonds is 6. The second-order valence-corrected chi connectivity index (χ2v) is 19.4.